The predicted octanol–water partition coefficient (Wildman–Crippen LogP) is 2.85. The van der Waals surface area contributed by atoms with Gasteiger partial charge in [0.1, 0.15) is 6.61 Å². The first kappa shape index (κ1) is 20.8. The van der Waals surface area contributed by atoms with Crippen LogP contribution in [0, 0.1) is 0 Å². The fraction of sp³-hybridized carbons (Fsp3) is 0.500. The van der Waals surface area contributed by atoms with Crippen LogP contribution in [0.4, 0.5) is 14.4 Å². The van der Waals surface area contributed by atoms with Crippen LogP contribution in [-0.2, 0) is 16.1 Å². The lowest BCUT2D eigenvalue weighted by Gasteiger charge is -2.31. The Labute approximate surface area is 163 Å². The second-order valence-corrected chi connectivity index (χ2v) is 6.47. The van der Waals surface area contributed by atoms with Crippen LogP contribution < -0.4 is 10.6 Å². The molecule has 0 bridgehead atoms. The summed E-state index contributed by atoms with van der Waals surface area (Å²) in [5.41, 5.74) is 0.804. The molecule has 1 aliphatic rings. The van der Waals surface area contributed by atoms with Gasteiger partial charge >= 0.3 is 18.3 Å². The van der Waals surface area contributed by atoms with Gasteiger partial charge in [0.05, 0.1) is 0 Å². The fourth-order valence-corrected chi connectivity index (χ4v) is 2.73. The van der Waals surface area contributed by atoms with E-state index in [-0.39, 0.29) is 18.7 Å². The van der Waals surface area contributed by atoms with Crippen molar-refractivity contribution in [2.75, 3.05) is 25.5 Å². The van der Waals surface area contributed by atoms with Gasteiger partial charge in [-0.1, -0.05) is 30.3 Å². The molecule has 1 aromatic rings. The molecule has 148 valence electrons. The number of rotatable bonds is 6. The Hall–Kier alpha value is -2.48. The average molecular weight is 398 g/mol. The number of ether oxygens (including phenoxy) is 2. The van der Waals surface area contributed by atoms with E-state index in [4.69, 9.17) is 21.1 Å². The second kappa shape index (κ2) is 11.3. The van der Waals surface area contributed by atoms with E-state index in [9.17, 15) is 14.4 Å². The number of alkyl halides is 1. The summed E-state index contributed by atoms with van der Waals surface area (Å²) in [4.78, 5) is 36.8. The minimum Gasteiger partial charge on any atom is -0.429 e. The van der Waals surface area contributed by atoms with Gasteiger partial charge in [0.25, 0.3) is 0 Å². The fourth-order valence-electron chi connectivity index (χ4n) is 2.59. The van der Waals surface area contributed by atoms with Gasteiger partial charge in [-0.2, -0.15) is 0 Å². The Balaban J connectivity index is 1.64. The molecule has 9 heteroatoms. The van der Waals surface area contributed by atoms with E-state index in [0.29, 0.717) is 44.8 Å². The summed E-state index contributed by atoms with van der Waals surface area (Å²) in [7, 11) is 0. The number of likely N-dealkylation sites (tertiary alicyclic amines) is 1. The number of carbonyl (C=O) groups excluding carboxylic acids is 3. The molecular weight excluding hydrogens is 374 g/mol. The molecule has 1 fully saturated rings. The number of benzene rings is 1. The molecule has 0 spiro atoms. The maximum atomic E-state index is 12.0. The van der Waals surface area contributed by atoms with Crippen molar-refractivity contribution in [2.24, 2.45) is 0 Å². The van der Waals surface area contributed by atoms with Crippen molar-refractivity contribution in [1.82, 2.24) is 15.5 Å². The molecule has 1 aromatic carbocycles. The highest BCUT2D eigenvalue weighted by molar-refractivity contribution is 6.17. The van der Waals surface area contributed by atoms with E-state index in [1.807, 2.05) is 18.2 Å². The zero-order valence-corrected chi connectivity index (χ0v) is 15.7. The first-order valence-electron chi connectivity index (χ1n) is 8.86. The third-order valence-corrected chi connectivity index (χ3v) is 4.32. The molecule has 1 aliphatic heterocycles. The summed E-state index contributed by atoms with van der Waals surface area (Å²) in [6, 6.07) is 8.84. The molecule has 1 saturated heterocycles. The largest absolute Gasteiger partial charge is 0.517 e. The molecule has 0 atom stereocenters. The maximum absolute atomic E-state index is 12.0. The molecule has 0 saturated carbocycles. The van der Waals surface area contributed by atoms with Gasteiger partial charge in [-0.25, -0.2) is 14.4 Å². The number of halogens is 1. The van der Waals surface area contributed by atoms with E-state index < -0.39 is 12.2 Å². The predicted molar refractivity (Wildman–Crippen MR) is 99.6 cm³/mol. The number of hydrogen-bond donors (Lipinski definition) is 2. The Morgan fingerprint density at radius 2 is 1.85 bits per heavy atom. The van der Waals surface area contributed by atoms with Crippen LogP contribution in [0.5, 0.6) is 0 Å². The minimum absolute atomic E-state index is 0.0323. The highest BCUT2D eigenvalue weighted by atomic mass is 35.5. The third-order valence-electron chi connectivity index (χ3n) is 4.05. The maximum Gasteiger partial charge on any atom is 0.517 e. The van der Waals surface area contributed by atoms with E-state index in [1.165, 1.54) is 4.90 Å². The Kier molecular flexibility index (Phi) is 8.70. The molecule has 2 N–H and O–H groups in total. The number of amides is 3. The lowest BCUT2D eigenvalue weighted by Crippen LogP contribution is -2.49. The molecule has 0 unspecified atom stereocenters. The SMILES string of the molecule is O=C(NCCCCl)NC1CCN(C(=O)OC(=O)OCc2ccccc2)CC1. The number of hydrogen-bond acceptors (Lipinski definition) is 5. The van der Waals surface area contributed by atoms with Crippen LogP contribution in [0.15, 0.2) is 30.3 Å². The monoisotopic (exact) mass is 397 g/mol. The highest BCUT2D eigenvalue weighted by Crippen LogP contribution is 2.12. The summed E-state index contributed by atoms with van der Waals surface area (Å²) in [6.45, 7) is 1.33. The van der Waals surface area contributed by atoms with E-state index in [2.05, 4.69) is 10.6 Å². The van der Waals surface area contributed by atoms with Crippen molar-refractivity contribution in [3.63, 3.8) is 0 Å². The van der Waals surface area contributed by atoms with Gasteiger partial charge in [-0.15, -0.1) is 11.6 Å². The minimum atomic E-state index is -1.03. The topological polar surface area (TPSA) is 97.0 Å². The van der Waals surface area contributed by atoms with E-state index in [0.717, 1.165) is 5.56 Å². The van der Waals surface area contributed by atoms with E-state index in [1.54, 1.807) is 12.1 Å². The Bertz CT molecular complexity index is 621. The standard InChI is InChI=1S/C18H24ClN3O5/c19-9-4-10-20-16(23)21-15-7-11-22(12-8-15)17(24)27-18(25)26-13-14-5-2-1-3-6-14/h1-3,5-6,15H,4,7-13H2,(H2,20,21,23). The van der Waals surface area contributed by atoms with Gasteiger partial charge in [-0.3, -0.25) is 0 Å². The number of carbonyl (C=O) groups is 3. The second-order valence-electron chi connectivity index (χ2n) is 6.10. The van der Waals surface area contributed by atoms with Crippen LogP contribution in [0.2, 0.25) is 0 Å². The molecule has 8 nitrogen and oxygen atoms in total. The van der Waals surface area contributed by atoms with Gasteiger partial charge in [-0.05, 0) is 24.8 Å². The number of urea groups is 1. The summed E-state index contributed by atoms with van der Waals surface area (Å²) in [5, 5.41) is 5.57. The molecule has 0 aromatic heterocycles. The van der Waals surface area contributed by atoms with Crippen LogP contribution in [0.25, 0.3) is 0 Å². The zero-order valence-electron chi connectivity index (χ0n) is 15.0. The normalized spacial score (nSPS) is 14.3. The lowest BCUT2D eigenvalue weighted by molar-refractivity contribution is 0.0522. The quantitative estimate of drug-likeness (QED) is 0.333. The average Bonchev–Trinajstić information content (AvgIpc) is 2.68. The van der Waals surface area contributed by atoms with Crippen molar-refractivity contribution >= 4 is 29.9 Å². The van der Waals surface area contributed by atoms with Crippen molar-refractivity contribution < 1.29 is 23.9 Å². The molecule has 2 rings (SSSR count). The summed E-state index contributed by atoms with van der Waals surface area (Å²) in [5.74, 6) is 0.495. The first-order chi connectivity index (χ1) is 13.1. The van der Waals surface area contributed by atoms with Crippen molar-refractivity contribution in [1.29, 1.82) is 0 Å². The van der Waals surface area contributed by atoms with Gasteiger partial charge in [0.2, 0.25) is 0 Å². The van der Waals surface area contributed by atoms with Crippen LogP contribution >= 0.6 is 11.6 Å². The van der Waals surface area contributed by atoms with Crippen LogP contribution in [0.1, 0.15) is 24.8 Å². The van der Waals surface area contributed by atoms with Crippen LogP contribution in [0.3, 0.4) is 0 Å². The third kappa shape index (κ3) is 7.74. The summed E-state index contributed by atoms with van der Waals surface area (Å²) in [6.07, 6.45) is 0.106. The van der Waals surface area contributed by atoms with Crippen molar-refractivity contribution in [3.05, 3.63) is 35.9 Å². The van der Waals surface area contributed by atoms with E-state index >= 15 is 0 Å². The molecule has 3 amide bonds. The smallest absolute Gasteiger partial charge is 0.429 e. The van der Waals surface area contributed by atoms with Gasteiger partial charge in [0.15, 0.2) is 0 Å². The first-order valence-corrected chi connectivity index (χ1v) is 9.39. The van der Waals surface area contributed by atoms with Crippen LogP contribution in [-0.4, -0.2) is 54.7 Å². The summed E-state index contributed by atoms with van der Waals surface area (Å²) < 4.78 is 9.63. The number of nitrogens with one attached hydrogen (secondary N) is 2. The molecule has 27 heavy (non-hydrogen) atoms. The van der Waals surface area contributed by atoms with Gasteiger partial charge < -0.3 is 25.0 Å². The van der Waals surface area contributed by atoms with Crippen molar-refractivity contribution in [2.45, 2.75) is 31.9 Å². The number of piperidine rings is 1. The number of nitrogens with zero attached hydrogens (tertiary/aromatic N) is 1. The lowest BCUT2D eigenvalue weighted by atomic mass is 10.1. The highest BCUT2D eigenvalue weighted by Gasteiger charge is 2.26. The van der Waals surface area contributed by atoms with Gasteiger partial charge in [0, 0.05) is 31.6 Å². The Morgan fingerprint density at radius 3 is 2.52 bits per heavy atom. The zero-order chi connectivity index (χ0) is 19.5. The van der Waals surface area contributed by atoms with Crippen molar-refractivity contribution in [3.8, 4) is 0 Å². The summed E-state index contributed by atoms with van der Waals surface area (Å²) >= 11 is 5.56. The molecule has 1 heterocycles. The Morgan fingerprint density at radius 1 is 1.15 bits per heavy atom. The molecular formula is C18H24ClN3O5. The molecule has 0 radical (unpaired) electrons. The molecule has 0 aliphatic carbocycles.